The van der Waals surface area contributed by atoms with Crippen LogP contribution in [0, 0.1) is 17.2 Å². The molecule has 2 aromatic carbocycles. The highest BCUT2D eigenvalue weighted by atomic mass is 16.6. The molecule has 2 aliphatic rings. The molecule has 4 rings (SSSR count). The largest absolute Gasteiger partial charge is 0.485 e. The van der Waals surface area contributed by atoms with E-state index in [0.717, 1.165) is 49.5 Å². The average Bonchev–Trinajstić information content (AvgIpc) is 2.69. The second kappa shape index (κ2) is 7.16. The van der Waals surface area contributed by atoms with E-state index in [1.807, 2.05) is 24.3 Å². The van der Waals surface area contributed by atoms with E-state index in [4.69, 9.17) is 14.7 Å². The van der Waals surface area contributed by atoms with Crippen molar-refractivity contribution >= 4 is 0 Å². The summed E-state index contributed by atoms with van der Waals surface area (Å²) >= 11 is 0. The maximum atomic E-state index is 8.99. The highest BCUT2D eigenvalue weighted by molar-refractivity contribution is 5.41. The Balaban J connectivity index is 1.37. The van der Waals surface area contributed by atoms with Crippen LogP contribution in [0.3, 0.4) is 0 Å². The Kier molecular flexibility index (Phi) is 4.58. The Hall–Kier alpha value is -2.51. The van der Waals surface area contributed by atoms with E-state index in [9.17, 15) is 0 Å². The Bertz CT molecular complexity index is 758. The molecule has 0 N–H and O–H groups in total. The van der Waals surface area contributed by atoms with Crippen molar-refractivity contribution in [3.05, 3.63) is 59.7 Å². The standard InChI is InChI=1S/C21H22N2O2/c22-13-16-9-11-23(12-10-16)14-17-5-7-18(8-6-17)21-15-24-19-3-1-2-4-20(19)25-21/h1-8,16,21H,9-12,14-15H2. The number of hydrogen-bond acceptors (Lipinski definition) is 4. The molecule has 4 nitrogen and oxygen atoms in total. The van der Waals surface area contributed by atoms with E-state index in [0.29, 0.717) is 6.61 Å². The molecule has 2 heterocycles. The molecule has 0 aliphatic carbocycles. The van der Waals surface area contributed by atoms with E-state index >= 15 is 0 Å². The molecule has 0 saturated carbocycles. The SMILES string of the molecule is N#CC1CCN(Cc2ccc(C3COc4ccccc4O3)cc2)CC1. The van der Waals surface area contributed by atoms with Crippen LogP contribution in [-0.4, -0.2) is 24.6 Å². The van der Waals surface area contributed by atoms with E-state index in [1.165, 1.54) is 5.56 Å². The molecular weight excluding hydrogens is 312 g/mol. The monoisotopic (exact) mass is 334 g/mol. The van der Waals surface area contributed by atoms with Crippen LogP contribution < -0.4 is 9.47 Å². The minimum absolute atomic E-state index is 0.0599. The molecule has 128 valence electrons. The number of rotatable bonds is 3. The molecule has 4 heteroatoms. The highest BCUT2D eigenvalue weighted by Crippen LogP contribution is 2.35. The molecule has 1 atom stereocenters. The van der Waals surface area contributed by atoms with Crippen LogP contribution in [0.2, 0.25) is 0 Å². The Morgan fingerprint density at radius 3 is 2.44 bits per heavy atom. The fourth-order valence-electron chi connectivity index (χ4n) is 3.50. The lowest BCUT2D eigenvalue weighted by molar-refractivity contribution is 0.0912. The summed E-state index contributed by atoms with van der Waals surface area (Å²) in [5, 5.41) is 8.99. The van der Waals surface area contributed by atoms with Crippen LogP contribution in [-0.2, 0) is 6.54 Å². The van der Waals surface area contributed by atoms with E-state index < -0.39 is 0 Å². The van der Waals surface area contributed by atoms with Gasteiger partial charge in [0.05, 0.1) is 6.07 Å². The second-order valence-electron chi connectivity index (χ2n) is 6.79. The third kappa shape index (κ3) is 3.62. The predicted octanol–water partition coefficient (Wildman–Crippen LogP) is 3.93. The van der Waals surface area contributed by atoms with Crippen molar-refractivity contribution in [3.8, 4) is 17.6 Å². The first kappa shape index (κ1) is 16.0. The number of nitrogens with zero attached hydrogens (tertiary/aromatic N) is 2. The molecule has 0 aromatic heterocycles. The molecule has 1 unspecified atom stereocenters. The zero-order valence-electron chi connectivity index (χ0n) is 14.2. The number of hydrogen-bond donors (Lipinski definition) is 0. The minimum Gasteiger partial charge on any atom is -0.485 e. The van der Waals surface area contributed by atoms with Crippen LogP contribution in [0.5, 0.6) is 11.5 Å². The first-order valence-electron chi connectivity index (χ1n) is 8.91. The van der Waals surface area contributed by atoms with Gasteiger partial charge in [-0.25, -0.2) is 0 Å². The molecule has 2 aliphatic heterocycles. The van der Waals surface area contributed by atoms with Crippen molar-refractivity contribution in [1.82, 2.24) is 4.90 Å². The second-order valence-corrected chi connectivity index (χ2v) is 6.79. The van der Waals surface area contributed by atoms with Gasteiger partial charge in [0.2, 0.25) is 0 Å². The maximum absolute atomic E-state index is 8.99. The molecule has 0 amide bonds. The first-order valence-corrected chi connectivity index (χ1v) is 8.91. The number of fused-ring (bicyclic) bond motifs is 1. The number of benzene rings is 2. The summed E-state index contributed by atoms with van der Waals surface area (Å²) < 4.78 is 11.9. The van der Waals surface area contributed by atoms with Crippen LogP contribution >= 0.6 is 0 Å². The number of likely N-dealkylation sites (tertiary alicyclic amines) is 1. The van der Waals surface area contributed by atoms with Crippen molar-refractivity contribution in [2.75, 3.05) is 19.7 Å². The van der Waals surface area contributed by atoms with Crippen molar-refractivity contribution in [1.29, 1.82) is 5.26 Å². The van der Waals surface area contributed by atoms with Crippen LogP contribution in [0.15, 0.2) is 48.5 Å². The average molecular weight is 334 g/mol. The van der Waals surface area contributed by atoms with Gasteiger partial charge in [0.15, 0.2) is 17.6 Å². The van der Waals surface area contributed by atoms with Crippen molar-refractivity contribution in [2.24, 2.45) is 5.92 Å². The molecule has 0 spiro atoms. The smallest absolute Gasteiger partial charge is 0.162 e. The van der Waals surface area contributed by atoms with Crippen LogP contribution in [0.4, 0.5) is 0 Å². The molecular formula is C21H22N2O2. The quantitative estimate of drug-likeness (QED) is 0.853. The zero-order valence-corrected chi connectivity index (χ0v) is 14.2. The van der Waals surface area contributed by atoms with E-state index in [1.54, 1.807) is 0 Å². The summed E-state index contributed by atoms with van der Waals surface area (Å²) in [5.74, 6) is 1.87. The number of nitriles is 1. The normalized spacial score (nSPS) is 20.8. The lowest BCUT2D eigenvalue weighted by atomic mass is 9.98. The zero-order chi connectivity index (χ0) is 17.1. The van der Waals surface area contributed by atoms with Gasteiger partial charge >= 0.3 is 0 Å². The van der Waals surface area contributed by atoms with Gasteiger partial charge in [-0.15, -0.1) is 0 Å². The lowest BCUT2D eigenvalue weighted by Crippen LogP contribution is -2.32. The molecule has 25 heavy (non-hydrogen) atoms. The van der Waals surface area contributed by atoms with Crippen LogP contribution in [0.25, 0.3) is 0 Å². The van der Waals surface area contributed by atoms with Gasteiger partial charge < -0.3 is 9.47 Å². The topological polar surface area (TPSA) is 45.5 Å². The number of para-hydroxylation sites is 2. The highest BCUT2D eigenvalue weighted by Gasteiger charge is 2.22. The third-order valence-electron chi connectivity index (χ3n) is 5.04. The summed E-state index contributed by atoms with van der Waals surface area (Å²) in [7, 11) is 0. The minimum atomic E-state index is -0.0599. The van der Waals surface area contributed by atoms with Gasteiger partial charge in [0.25, 0.3) is 0 Å². The van der Waals surface area contributed by atoms with Gasteiger partial charge in [-0.3, -0.25) is 4.90 Å². The summed E-state index contributed by atoms with van der Waals surface area (Å²) in [6.45, 7) is 3.51. The number of ether oxygens (including phenoxy) is 2. The van der Waals surface area contributed by atoms with Crippen molar-refractivity contribution in [3.63, 3.8) is 0 Å². The maximum Gasteiger partial charge on any atom is 0.162 e. The molecule has 0 bridgehead atoms. The van der Waals surface area contributed by atoms with Gasteiger partial charge in [0.1, 0.15) is 6.61 Å². The Morgan fingerprint density at radius 2 is 1.72 bits per heavy atom. The third-order valence-corrected chi connectivity index (χ3v) is 5.04. The van der Waals surface area contributed by atoms with Gasteiger partial charge in [-0.05, 0) is 49.2 Å². The summed E-state index contributed by atoms with van der Waals surface area (Å²) in [6, 6.07) is 18.8. The van der Waals surface area contributed by atoms with Gasteiger partial charge in [0, 0.05) is 12.5 Å². The predicted molar refractivity (Wildman–Crippen MR) is 95.4 cm³/mol. The van der Waals surface area contributed by atoms with Gasteiger partial charge in [-0.1, -0.05) is 36.4 Å². The number of piperidine rings is 1. The van der Waals surface area contributed by atoms with Crippen molar-refractivity contribution < 1.29 is 9.47 Å². The fourth-order valence-corrected chi connectivity index (χ4v) is 3.50. The summed E-state index contributed by atoms with van der Waals surface area (Å²) in [6.07, 6.45) is 1.91. The first-order chi connectivity index (χ1) is 12.3. The summed E-state index contributed by atoms with van der Waals surface area (Å²) in [5.41, 5.74) is 2.44. The van der Waals surface area contributed by atoms with E-state index in [2.05, 4.69) is 35.2 Å². The molecule has 1 fully saturated rings. The fraction of sp³-hybridized carbons (Fsp3) is 0.381. The van der Waals surface area contributed by atoms with Crippen molar-refractivity contribution in [2.45, 2.75) is 25.5 Å². The van der Waals surface area contributed by atoms with Crippen LogP contribution in [0.1, 0.15) is 30.1 Å². The molecule has 0 radical (unpaired) electrons. The molecule has 2 aromatic rings. The molecule has 1 saturated heterocycles. The Morgan fingerprint density at radius 1 is 1.00 bits per heavy atom. The lowest BCUT2D eigenvalue weighted by Gasteiger charge is -2.29. The van der Waals surface area contributed by atoms with Gasteiger partial charge in [-0.2, -0.15) is 5.26 Å². The van der Waals surface area contributed by atoms with E-state index in [-0.39, 0.29) is 12.0 Å². The summed E-state index contributed by atoms with van der Waals surface area (Å²) in [4.78, 5) is 2.43. The Labute approximate surface area is 148 Å².